The van der Waals surface area contributed by atoms with Crippen molar-refractivity contribution in [1.82, 2.24) is 5.32 Å². The molecule has 0 bridgehead atoms. The Morgan fingerprint density at radius 1 is 1.50 bits per heavy atom. The molecule has 3 nitrogen and oxygen atoms in total. The normalized spacial score (nSPS) is 27.4. The van der Waals surface area contributed by atoms with Crippen molar-refractivity contribution < 1.29 is 9.84 Å². The molecule has 2 unspecified atom stereocenters. The van der Waals surface area contributed by atoms with E-state index in [4.69, 9.17) is 4.74 Å². The van der Waals surface area contributed by atoms with Crippen LogP contribution >= 0.6 is 0 Å². The second kappa shape index (κ2) is 5.72. The van der Waals surface area contributed by atoms with E-state index >= 15 is 0 Å². The Morgan fingerprint density at radius 3 is 3.00 bits per heavy atom. The van der Waals surface area contributed by atoms with Gasteiger partial charge in [0, 0.05) is 12.0 Å². The number of hydrogen-bond donors (Lipinski definition) is 2. The van der Waals surface area contributed by atoms with E-state index in [2.05, 4.69) is 31.3 Å². The Labute approximate surface area is 109 Å². The van der Waals surface area contributed by atoms with E-state index in [1.165, 1.54) is 5.56 Å². The summed E-state index contributed by atoms with van der Waals surface area (Å²) in [5.74, 6) is 0.935. The van der Waals surface area contributed by atoms with E-state index in [0.29, 0.717) is 0 Å². The summed E-state index contributed by atoms with van der Waals surface area (Å²) in [4.78, 5) is 0. The van der Waals surface area contributed by atoms with Crippen LogP contribution in [0.25, 0.3) is 0 Å². The Bertz CT molecular complexity index is 394. The van der Waals surface area contributed by atoms with E-state index < -0.39 is 0 Å². The molecule has 0 radical (unpaired) electrons. The Morgan fingerprint density at radius 2 is 2.33 bits per heavy atom. The van der Waals surface area contributed by atoms with E-state index in [0.717, 1.165) is 31.6 Å². The summed E-state index contributed by atoms with van der Waals surface area (Å²) in [6, 6.07) is 8.15. The van der Waals surface area contributed by atoms with Gasteiger partial charge in [-0.1, -0.05) is 19.1 Å². The van der Waals surface area contributed by atoms with Gasteiger partial charge in [-0.2, -0.15) is 0 Å². The summed E-state index contributed by atoms with van der Waals surface area (Å²) in [7, 11) is 0. The third-order valence-corrected chi connectivity index (χ3v) is 3.71. The van der Waals surface area contributed by atoms with Gasteiger partial charge in [0.15, 0.2) is 0 Å². The molecule has 0 spiro atoms. The highest BCUT2D eigenvalue weighted by molar-refractivity contribution is 5.27. The van der Waals surface area contributed by atoms with Crippen molar-refractivity contribution in [3.05, 3.63) is 29.8 Å². The minimum absolute atomic E-state index is 0.136. The molecule has 0 heterocycles. The van der Waals surface area contributed by atoms with Crippen LogP contribution in [0, 0.1) is 6.92 Å². The van der Waals surface area contributed by atoms with Crippen molar-refractivity contribution in [1.29, 1.82) is 0 Å². The summed E-state index contributed by atoms with van der Waals surface area (Å²) in [6.45, 7) is 5.22. The molecule has 1 aliphatic carbocycles. The molecule has 1 aromatic carbocycles. The monoisotopic (exact) mass is 249 g/mol. The summed E-state index contributed by atoms with van der Waals surface area (Å²) >= 11 is 0. The molecule has 0 aromatic heterocycles. The molecule has 100 valence electrons. The van der Waals surface area contributed by atoms with E-state index in [9.17, 15) is 5.11 Å². The number of hydrogen-bond acceptors (Lipinski definition) is 3. The van der Waals surface area contributed by atoms with Gasteiger partial charge in [-0.3, -0.25) is 0 Å². The van der Waals surface area contributed by atoms with E-state index in [-0.39, 0.29) is 18.2 Å². The summed E-state index contributed by atoms with van der Waals surface area (Å²) in [5, 5.41) is 13.0. The predicted octanol–water partition coefficient (Wildman–Crippen LogP) is 2.27. The molecule has 1 fully saturated rings. The second-order valence-corrected chi connectivity index (χ2v) is 5.27. The minimum atomic E-state index is -0.136. The zero-order chi connectivity index (χ0) is 13.0. The van der Waals surface area contributed by atoms with Gasteiger partial charge in [0.25, 0.3) is 0 Å². The summed E-state index contributed by atoms with van der Waals surface area (Å²) in [5.41, 5.74) is 1.08. The maximum Gasteiger partial charge on any atom is 0.119 e. The van der Waals surface area contributed by atoms with Crippen LogP contribution in [0.5, 0.6) is 5.75 Å². The molecule has 2 rings (SSSR count). The van der Waals surface area contributed by atoms with Crippen molar-refractivity contribution in [2.45, 2.75) is 44.8 Å². The largest absolute Gasteiger partial charge is 0.490 e. The van der Waals surface area contributed by atoms with E-state index in [1.807, 2.05) is 12.1 Å². The van der Waals surface area contributed by atoms with Gasteiger partial charge >= 0.3 is 0 Å². The molecular weight excluding hydrogens is 226 g/mol. The lowest BCUT2D eigenvalue weighted by Crippen LogP contribution is -2.46. The number of ether oxygens (including phenoxy) is 1. The number of nitrogens with one attached hydrogen (secondary N) is 1. The number of aryl methyl sites for hydroxylation is 1. The smallest absolute Gasteiger partial charge is 0.119 e. The topological polar surface area (TPSA) is 41.5 Å². The highest BCUT2D eigenvalue weighted by atomic mass is 16.5. The molecule has 1 saturated carbocycles. The highest BCUT2D eigenvalue weighted by Gasteiger charge is 2.39. The molecule has 0 amide bonds. The SMILES string of the molecule is CCNC1(CO)CCC(Oc2cccc(C)c2)C1. The molecule has 0 aliphatic heterocycles. The Kier molecular flexibility index (Phi) is 4.25. The quantitative estimate of drug-likeness (QED) is 0.841. The molecule has 1 aliphatic rings. The van der Waals surface area contributed by atoms with Gasteiger partial charge in [-0.15, -0.1) is 0 Å². The molecular formula is C15H23NO2. The average molecular weight is 249 g/mol. The molecule has 2 N–H and O–H groups in total. The Hall–Kier alpha value is -1.06. The molecule has 2 atom stereocenters. The maximum absolute atomic E-state index is 9.56. The minimum Gasteiger partial charge on any atom is -0.490 e. The first-order valence-electron chi connectivity index (χ1n) is 6.77. The average Bonchev–Trinajstić information content (AvgIpc) is 2.74. The second-order valence-electron chi connectivity index (χ2n) is 5.27. The number of aliphatic hydroxyl groups excluding tert-OH is 1. The first-order chi connectivity index (χ1) is 8.67. The van der Waals surface area contributed by atoms with Crippen LogP contribution in [-0.4, -0.2) is 29.9 Å². The van der Waals surface area contributed by atoms with Crippen LogP contribution in [0.2, 0.25) is 0 Å². The van der Waals surface area contributed by atoms with Crippen molar-refractivity contribution >= 4 is 0 Å². The molecule has 3 heteroatoms. The lowest BCUT2D eigenvalue weighted by Gasteiger charge is -2.27. The van der Waals surface area contributed by atoms with Crippen LogP contribution in [0.4, 0.5) is 0 Å². The van der Waals surface area contributed by atoms with Crippen molar-refractivity contribution in [3.63, 3.8) is 0 Å². The van der Waals surface area contributed by atoms with Crippen LogP contribution < -0.4 is 10.1 Å². The zero-order valence-corrected chi connectivity index (χ0v) is 11.3. The first kappa shape index (κ1) is 13.4. The third-order valence-electron chi connectivity index (χ3n) is 3.71. The van der Waals surface area contributed by atoms with Crippen molar-refractivity contribution in [2.24, 2.45) is 0 Å². The number of aliphatic hydroxyl groups is 1. The standard InChI is InChI=1S/C15H23NO2/c1-3-16-15(11-17)8-7-14(10-15)18-13-6-4-5-12(2)9-13/h4-6,9,14,16-17H,3,7-8,10-11H2,1-2H3. The van der Waals surface area contributed by atoms with Crippen LogP contribution in [0.15, 0.2) is 24.3 Å². The van der Waals surface area contributed by atoms with Crippen molar-refractivity contribution in [2.75, 3.05) is 13.2 Å². The molecule has 0 saturated heterocycles. The molecule has 1 aromatic rings. The highest BCUT2D eigenvalue weighted by Crippen LogP contribution is 2.32. The fourth-order valence-corrected chi connectivity index (χ4v) is 2.79. The summed E-state index contributed by atoms with van der Waals surface area (Å²) < 4.78 is 6.01. The number of rotatable bonds is 5. The van der Waals surface area contributed by atoms with Gasteiger partial charge in [-0.05, 0) is 44.0 Å². The van der Waals surface area contributed by atoms with Crippen molar-refractivity contribution in [3.8, 4) is 5.75 Å². The van der Waals surface area contributed by atoms with Gasteiger partial charge in [0.2, 0.25) is 0 Å². The lowest BCUT2D eigenvalue weighted by molar-refractivity contribution is 0.142. The zero-order valence-electron chi connectivity index (χ0n) is 11.3. The number of benzene rings is 1. The van der Waals surface area contributed by atoms with Gasteiger partial charge < -0.3 is 15.2 Å². The predicted molar refractivity (Wildman–Crippen MR) is 72.9 cm³/mol. The maximum atomic E-state index is 9.56. The van der Waals surface area contributed by atoms with Gasteiger partial charge in [0.05, 0.1) is 6.61 Å². The third kappa shape index (κ3) is 3.03. The van der Waals surface area contributed by atoms with Crippen LogP contribution in [0.1, 0.15) is 31.7 Å². The fourth-order valence-electron chi connectivity index (χ4n) is 2.79. The van der Waals surface area contributed by atoms with E-state index in [1.54, 1.807) is 0 Å². The van der Waals surface area contributed by atoms with Gasteiger partial charge in [-0.25, -0.2) is 0 Å². The fraction of sp³-hybridized carbons (Fsp3) is 0.600. The Balaban J connectivity index is 1.96. The summed E-state index contributed by atoms with van der Waals surface area (Å²) in [6.07, 6.45) is 3.07. The lowest BCUT2D eigenvalue weighted by atomic mass is 9.99. The van der Waals surface area contributed by atoms with Crippen LogP contribution in [0.3, 0.4) is 0 Å². The number of likely N-dealkylation sites (N-methyl/N-ethyl adjacent to an activating group) is 1. The first-order valence-corrected chi connectivity index (χ1v) is 6.77. The molecule has 18 heavy (non-hydrogen) atoms. The van der Waals surface area contributed by atoms with Crippen LogP contribution in [-0.2, 0) is 0 Å². The van der Waals surface area contributed by atoms with Gasteiger partial charge in [0.1, 0.15) is 11.9 Å².